The van der Waals surface area contributed by atoms with E-state index in [0.717, 1.165) is 17.8 Å². The molecule has 27 heavy (non-hydrogen) atoms. The standard InChI is InChI=1S/C21H21N5O/c1-15(2)23-21(27)19-18-10-6-7-11-26(18)20(24-19)17-13-25(14-22-17)12-16-8-4-3-5-9-16/h3-11,13-15H,12H2,1-2H3,(H,23,27). The molecule has 0 spiro atoms. The number of rotatable bonds is 5. The number of fused-ring (bicyclic) bond motifs is 1. The molecule has 1 aromatic carbocycles. The summed E-state index contributed by atoms with van der Waals surface area (Å²) in [6.45, 7) is 4.60. The summed E-state index contributed by atoms with van der Waals surface area (Å²) in [5, 5.41) is 2.91. The van der Waals surface area contributed by atoms with E-state index in [1.165, 1.54) is 5.56 Å². The molecule has 1 N–H and O–H groups in total. The van der Waals surface area contributed by atoms with E-state index in [-0.39, 0.29) is 11.9 Å². The molecule has 3 aromatic heterocycles. The van der Waals surface area contributed by atoms with Crippen LogP contribution in [0.3, 0.4) is 0 Å². The van der Waals surface area contributed by atoms with Crippen LogP contribution in [0.1, 0.15) is 29.9 Å². The van der Waals surface area contributed by atoms with Crippen molar-refractivity contribution in [2.24, 2.45) is 0 Å². The number of nitrogens with zero attached hydrogens (tertiary/aromatic N) is 4. The third-order valence-electron chi connectivity index (χ3n) is 4.25. The Balaban J connectivity index is 1.71. The fourth-order valence-corrected chi connectivity index (χ4v) is 3.07. The lowest BCUT2D eigenvalue weighted by atomic mass is 10.2. The highest BCUT2D eigenvalue weighted by molar-refractivity contribution is 6.00. The summed E-state index contributed by atoms with van der Waals surface area (Å²) in [6.07, 6.45) is 5.65. The molecule has 136 valence electrons. The molecule has 0 aliphatic heterocycles. The van der Waals surface area contributed by atoms with Crippen molar-refractivity contribution in [1.82, 2.24) is 24.3 Å². The summed E-state index contributed by atoms with van der Waals surface area (Å²) in [7, 11) is 0. The second kappa shape index (κ2) is 7.07. The van der Waals surface area contributed by atoms with Crippen molar-refractivity contribution in [1.29, 1.82) is 0 Å². The van der Waals surface area contributed by atoms with Gasteiger partial charge >= 0.3 is 0 Å². The lowest BCUT2D eigenvalue weighted by Gasteiger charge is -2.06. The molecular weight excluding hydrogens is 338 g/mol. The zero-order chi connectivity index (χ0) is 18.8. The predicted octanol–water partition coefficient (Wildman–Crippen LogP) is 3.38. The van der Waals surface area contributed by atoms with Crippen LogP contribution < -0.4 is 5.32 Å². The maximum absolute atomic E-state index is 12.5. The lowest BCUT2D eigenvalue weighted by molar-refractivity contribution is 0.0940. The summed E-state index contributed by atoms with van der Waals surface area (Å²) in [6, 6.07) is 16.0. The molecule has 0 saturated heterocycles. The first kappa shape index (κ1) is 17.0. The first-order valence-corrected chi connectivity index (χ1v) is 8.96. The minimum absolute atomic E-state index is 0.0477. The number of hydrogen-bond acceptors (Lipinski definition) is 3. The third-order valence-corrected chi connectivity index (χ3v) is 4.25. The van der Waals surface area contributed by atoms with Gasteiger partial charge in [0.15, 0.2) is 11.5 Å². The van der Waals surface area contributed by atoms with Gasteiger partial charge in [-0.05, 0) is 31.5 Å². The second-order valence-electron chi connectivity index (χ2n) is 6.78. The number of aromatic nitrogens is 4. The van der Waals surface area contributed by atoms with Crippen molar-refractivity contribution >= 4 is 11.4 Å². The number of hydrogen-bond donors (Lipinski definition) is 1. The number of pyridine rings is 1. The van der Waals surface area contributed by atoms with Gasteiger partial charge in [-0.25, -0.2) is 9.97 Å². The Morgan fingerprint density at radius 3 is 2.67 bits per heavy atom. The second-order valence-corrected chi connectivity index (χ2v) is 6.78. The van der Waals surface area contributed by atoms with Crippen LogP contribution in [0.15, 0.2) is 67.3 Å². The average Bonchev–Trinajstić information content (AvgIpc) is 3.26. The van der Waals surface area contributed by atoms with Gasteiger partial charge in [0, 0.05) is 25.0 Å². The molecule has 0 unspecified atom stereocenters. The van der Waals surface area contributed by atoms with Crippen LogP contribution in [-0.4, -0.2) is 30.9 Å². The van der Waals surface area contributed by atoms with Crippen molar-refractivity contribution < 1.29 is 4.79 Å². The topological polar surface area (TPSA) is 64.2 Å². The Morgan fingerprint density at radius 2 is 1.89 bits per heavy atom. The van der Waals surface area contributed by atoms with Gasteiger partial charge in [-0.15, -0.1) is 0 Å². The van der Waals surface area contributed by atoms with Crippen molar-refractivity contribution in [3.63, 3.8) is 0 Å². The average molecular weight is 359 g/mol. The van der Waals surface area contributed by atoms with E-state index in [1.807, 2.05) is 71.6 Å². The summed E-state index contributed by atoms with van der Waals surface area (Å²) in [5.41, 5.74) is 3.11. The summed E-state index contributed by atoms with van der Waals surface area (Å²) in [5.74, 6) is 0.481. The van der Waals surface area contributed by atoms with Crippen LogP contribution in [0, 0.1) is 0 Å². The van der Waals surface area contributed by atoms with Crippen LogP contribution in [-0.2, 0) is 6.54 Å². The normalized spacial score (nSPS) is 11.2. The molecule has 0 aliphatic rings. The van der Waals surface area contributed by atoms with Gasteiger partial charge in [0.1, 0.15) is 5.69 Å². The minimum atomic E-state index is -0.177. The van der Waals surface area contributed by atoms with Gasteiger partial charge in [-0.2, -0.15) is 0 Å². The van der Waals surface area contributed by atoms with Crippen LogP contribution in [0.2, 0.25) is 0 Å². The van der Waals surface area contributed by atoms with E-state index in [1.54, 1.807) is 6.33 Å². The molecule has 0 radical (unpaired) electrons. The van der Waals surface area contributed by atoms with Crippen molar-refractivity contribution in [3.8, 4) is 11.5 Å². The minimum Gasteiger partial charge on any atom is -0.348 e. The SMILES string of the molecule is CC(C)NC(=O)c1nc(-c2cn(Cc3ccccc3)cn2)n2ccccc12. The van der Waals surface area contributed by atoms with Crippen LogP contribution in [0.4, 0.5) is 0 Å². The zero-order valence-corrected chi connectivity index (χ0v) is 15.3. The maximum Gasteiger partial charge on any atom is 0.272 e. The predicted molar refractivity (Wildman–Crippen MR) is 105 cm³/mol. The Morgan fingerprint density at radius 1 is 1.11 bits per heavy atom. The first-order chi connectivity index (χ1) is 13.1. The van der Waals surface area contributed by atoms with Gasteiger partial charge in [-0.3, -0.25) is 9.20 Å². The maximum atomic E-state index is 12.5. The highest BCUT2D eigenvalue weighted by atomic mass is 16.2. The fourth-order valence-electron chi connectivity index (χ4n) is 3.07. The quantitative estimate of drug-likeness (QED) is 0.594. The van der Waals surface area contributed by atoms with Crippen LogP contribution in [0.25, 0.3) is 17.0 Å². The first-order valence-electron chi connectivity index (χ1n) is 8.96. The summed E-state index contributed by atoms with van der Waals surface area (Å²) < 4.78 is 3.92. The highest BCUT2D eigenvalue weighted by Gasteiger charge is 2.19. The third kappa shape index (κ3) is 3.46. The van der Waals surface area contributed by atoms with Gasteiger partial charge < -0.3 is 9.88 Å². The molecular formula is C21H21N5O. The molecule has 0 atom stereocenters. The Labute approximate surface area is 157 Å². The van der Waals surface area contributed by atoms with Crippen molar-refractivity contribution in [3.05, 3.63) is 78.5 Å². The van der Waals surface area contributed by atoms with Gasteiger partial charge in [0.25, 0.3) is 5.91 Å². The number of benzene rings is 1. The number of amides is 1. The van der Waals surface area contributed by atoms with Gasteiger partial charge in [-0.1, -0.05) is 36.4 Å². The molecule has 6 heteroatoms. The van der Waals surface area contributed by atoms with E-state index in [9.17, 15) is 4.79 Å². The highest BCUT2D eigenvalue weighted by Crippen LogP contribution is 2.22. The molecule has 0 saturated carbocycles. The molecule has 1 amide bonds. The molecule has 4 rings (SSSR count). The van der Waals surface area contributed by atoms with E-state index in [4.69, 9.17) is 0 Å². The molecule has 0 aliphatic carbocycles. The number of carbonyl (C=O) groups is 1. The smallest absolute Gasteiger partial charge is 0.272 e. The largest absolute Gasteiger partial charge is 0.348 e. The van der Waals surface area contributed by atoms with Crippen molar-refractivity contribution in [2.45, 2.75) is 26.4 Å². The monoisotopic (exact) mass is 359 g/mol. The lowest BCUT2D eigenvalue weighted by Crippen LogP contribution is -2.30. The van der Waals surface area contributed by atoms with Crippen molar-refractivity contribution in [2.75, 3.05) is 0 Å². The number of imidazole rings is 2. The van der Waals surface area contributed by atoms with Crippen LogP contribution >= 0.6 is 0 Å². The molecule has 3 heterocycles. The van der Waals surface area contributed by atoms with E-state index in [2.05, 4.69) is 27.4 Å². The van der Waals surface area contributed by atoms with E-state index < -0.39 is 0 Å². The Kier molecular flexibility index (Phi) is 4.46. The fraction of sp³-hybridized carbons (Fsp3) is 0.190. The summed E-state index contributed by atoms with van der Waals surface area (Å²) in [4.78, 5) is 21.7. The molecule has 0 fully saturated rings. The van der Waals surface area contributed by atoms with Crippen LogP contribution in [0.5, 0.6) is 0 Å². The van der Waals surface area contributed by atoms with Gasteiger partial charge in [0.2, 0.25) is 0 Å². The Bertz CT molecular complexity index is 1080. The summed E-state index contributed by atoms with van der Waals surface area (Å²) >= 11 is 0. The van der Waals surface area contributed by atoms with E-state index in [0.29, 0.717) is 11.5 Å². The van der Waals surface area contributed by atoms with Gasteiger partial charge in [0.05, 0.1) is 11.8 Å². The molecule has 4 aromatic rings. The molecule has 6 nitrogen and oxygen atoms in total. The molecule has 0 bridgehead atoms. The number of nitrogens with one attached hydrogen (secondary N) is 1. The van der Waals surface area contributed by atoms with E-state index >= 15 is 0 Å². The zero-order valence-electron chi connectivity index (χ0n) is 15.3. The Hall–Kier alpha value is -3.41. The number of carbonyl (C=O) groups excluding carboxylic acids is 1.